The number of aromatic amines is 1. The number of aromatic nitrogens is 3. The van der Waals surface area contributed by atoms with Crippen LogP contribution in [0.4, 0.5) is 0 Å². The molecule has 102 valence electrons. The molecule has 2 N–H and O–H groups in total. The molecule has 0 aliphatic heterocycles. The highest BCUT2D eigenvalue weighted by Gasteiger charge is 2.50. The van der Waals surface area contributed by atoms with Crippen molar-refractivity contribution in [3.05, 3.63) is 12.2 Å². The Morgan fingerprint density at radius 3 is 2.42 bits per heavy atom. The summed E-state index contributed by atoms with van der Waals surface area (Å²) in [5.74, 6) is 2.98. The normalized spacial score (nSPS) is 39.5. The summed E-state index contributed by atoms with van der Waals surface area (Å²) in [7, 11) is 0. The van der Waals surface area contributed by atoms with Crippen LogP contribution in [0, 0.1) is 23.2 Å². The maximum absolute atomic E-state index is 12.0. The van der Waals surface area contributed by atoms with Crippen molar-refractivity contribution in [1.82, 2.24) is 20.5 Å². The highest BCUT2D eigenvalue weighted by Crippen LogP contribution is 2.59. The Hall–Kier alpha value is -1.39. The van der Waals surface area contributed by atoms with Crippen molar-refractivity contribution < 1.29 is 4.79 Å². The van der Waals surface area contributed by atoms with Crippen LogP contribution in [0.1, 0.15) is 49.1 Å². The summed E-state index contributed by atoms with van der Waals surface area (Å²) in [6.07, 6.45) is 9.64. The van der Waals surface area contributed by atoms with Crippen molar-refractivity contribution in [1.29, 1.82) is 0 Å². The molecule has 0 atom stereocenters. The van der Waals surface area contributed by atoms with E-state index in [0.717, 1.165) is 24.3 Å². The SMILES string of the molecule is O=C(NCC12CC3CC(CC(C3)C1)C2)c1ncn[nH]1. The number of amides is 1. The molecular formula is C14H20N4O. The molecule has 4 fully saturated rings. The Balaban J connectivity index is 1.44. The zero-order valence-electron chi connectivity index (χ0n) is 11.1. The number of nitrogens with one attached hydrogen (secondary N) is 2. The van der Waals surface area contributed by atoms with E-state index in [1.54, 1.807) is 0 Å². The molecule has 4 saturated carbocycles. The van der Waals surface area contributed by atoms with Gasteiger partial charge in [0.05, 0.1) is 0 Å². The van der Waals surface area contributed by atoms with Crippen LogP contribution in [-0.2, 0) is 0 Å². The van der Waals surface area contributed by atoms with E-state index in [2.05, 4.69) is 20.5 Å². The van der Waals surface area contributed by atoms with Crippen LogP contribution in [0.25, 0.3) is 0 Å². The van der Waals surface area contributed by atoms with Gasteiger partial charge in [-0.05, 0) is 61.7 Å². The maximum Gasteiger partial charge on any atom is 0.288 e. The zero-order chi connectivity index (χ0) is 12.9. The number of carbonyl (C=O) groups is 1. The lowest BCUT2D eigenvalue weighted by Gasteiger charge is -2.56. The average molecular weight is 260 g/mol. The molecule has 0 spiro atoms. The number of nitrogens with zero attached hydrogens (tertiary/aromatic N) is 2. The van der Waals surface area contributed by atoms with Crippen LogP contribution in [0.5, 0.6) is 0 Å². The second-order valence-electron chi connectivity index (χ2n) is 6.93. The van der Waals surface area contributed by atoms with Crippen LogP contribution >= 0.6 is 0 Å². The lowest BCUT2D eigenvalue weighted by molar-refractivity contribution is -0.0503. The molecule has 0 saturated heterocycles. The molecule has 1 heterocycles. The first-order chi connectivity index (χ1) is 9.22. The van der Waals surface area contributed by atoms with Gasteiger partial charge in [-0.1, -0.05) is 0 Å². The second-order valence-corrected chi connectivity index (χ2v) is 6.93. The summed E-state index contributed by atoms with van der Waals surface area (Å²) in [5.41, 5.74) is 0.379. The highest BCUT2D eigenvalue weighted by molar-refractivity contribution is 5.90. The van der Waals surface area contributed by atoms with Crippen LogP contribution in [-0.4, -0.2) is 27.6 Å². The predicted octanol–water partition coefficient (Wildman–Crippen LogP) is 1.75. The third kappa shape index (κ3) is 1.95. The van der Waals surface area contributed by atoms with Crippen molar-refractivity contribution in [3.8, 4) is 0 Å². The molecule has 4 bridgehead atoms. The quantitative estimate of drug-likeness (QED) is 0.869. The van der Waals surface area contributed by atoms with E-state index in [4.69, 9.17) is 0 Å². The molecule has 5 nitrogen and oxygen atoms in total. The summed E-state index contributed by atoms with van der Waals surface area (Å²) >= 11 is 0. The fourth-order valence-electron chi connectivity index (χ4n) is 5.17. The first-order valence-corrected chi connectivity index (χ1v) is 7.36. The third-order valence-corrected chi connectivity index (χ3v) is 5.42. The number of rotatable bonds is 3. The lowest BCUT2D eigenvalue weighted by Crippen LogP contribution is -2.51. The molecule has 5 heteroatoms. The number of carbonyl (C=O) groups excluding carboxylic acids is 1. The van der Waals surface area contributed by atoms with Crippen LogP contribution in [0.3, 0.4) is 0 Å². The minimum absolute atomic E-state index is 0.117. The van der Waals surface area contributed by atoms with Gasteiger partial charge < -0.3 is 5.32 Å². The molecule has 1 amide bonds. The molecule has 4 aliphatic rings. The van der Waals surface area contributed by atoms with Gasteiger partial charge in [0.2, 0.25) is 5.82 Å². The highest BCUT2D eigenvalue weighted by atomic mass is 16.2. The molecule has 1 aromatic heterocycles. The smallest absolute Gasteiger partial charge is 0.288 e. The summed E-state index contributed by atoms with van der Waals surface area (Å²) < 4.78 is 0. The van der Waals surface area contributed by atoms with Gasteiger partial charge in [-0.15, -0.1) is 0 Å². The lowest BCUT2D eigenvalue weighted by atomic mass is 9.49. The van der Waals surface area contributed by atoms with Crippen molar-refractivity contribution in [3.63, 3.8) is 0 Å². The summed E-state index contributed by atoms with van der Waals surface area (Å²) in [6, 6.07) is 0. The Morgan fingerprint density at radius 2 is 1.89 bits per heavy atom. The molecular weight excluding hydrogens is 240 g/mol. The summed E-state index contributed by atoms with van der Waals surface area (Å²) in [5, 5.41) is 9.41. The zero-order valence-corrected chi connectivity index (χ0v) is 11.1. The van der Waals surface area contributed by atoms with E-state index in [-0.39, 0.29) is 5.91 Å². The topological polar surface area (TPSA) is 70.7 Å². The van der Waals surface area contributed by atoms with E-state index in [9.17, 15) is 4.79 Å². The maximum atomic E-state index is 12.0. The molecule has 0 radical (unpaired) electrons. The van der Waals surface area contributed by atoms with Crippen LogP contribution < -0.4 is 5.32 Å². The fourth-order valence-corrected chi connectivity index (χ4v) is 5.17. The average Bonchev–Trinajstić information content (AvgIpc) is 2.88. The van der Waals surface area contributed by atoms with E-state index in [0.29, 0.717) is 11.2 Å². The molecule has 4 aliphatic carbocycles. The summed E-state index contributed by atoms with van der Waals surface area (Å²) in [4.78, 5) is 15.9. The first-order valence-electron chi connectivity index (χ1n) is 7.36. The largest absolute Gasteiger partial charge is 0.349 e. The first kappa shape index (κ1) is 11.4. The minimum atomic E-state index is -0.117. The number of H-pyrrole nitrogens is 1. The summed E-state index contributed by atoms with van der Waals surface area (Å²) in [6.45, 7) is 0.816. The van der Waals surface area contributed by atoms with Crippen molar-refractivity contribution in [2.24, 2.45) is 23.2 Å². The van der Waals surface area contributed by atoms with Gasteiger partial charge in [0.25, 0.3) is 5.91 Å². The van der Waals surface area contributed by atoms with Crippen molar-refractivity contribution in [2.75, 3.05) is 6.54 Å². The predicted molar refractivity (Wildman–Crippen MR) is 69.3 cm³/mol. The minimum Gasteiger partial charge on any atom is -0.349 e. The standard InChI is InChI=1S/C14H20N4O/c19-13(12-16-8-17-18-12)15-7-14-4-9-1-10(5-14)3-11(2-9)6-14/h8-11H,1-7H2,(H,15,19)(H,16,17,18). The van der Waals surface area contributed by atoms with Crippen molar-refractivity contribution >= 4 is 5.91 Å². The van der Waals surface area contributed by atoms with E-state index < -0.39 is 0 Å². The number of hydrogen-bond donors (Lipinski definition) is 2. The Bertz CT molecular complexity index is 446. The van der Waals surface area contributed by atoms with Crippen LogP contribution in [0.15, 0.2) is 6.33 Å². The van der Waals surface area contributed by atoms with Gasteiger partial charge in [0.15, 0.2) is 0 Å². The molecule has 0 aromatic carbocycles. The fraction of sp³-hybridized carbons (Fsp3) is 0.786. The van der Waals surface area contributed by atoms with Gasteiger partial charge in [-0.2, -0.15) is 5.10 Å². The third-order valence-electron chi connectivity index (χ3n) is 5.42. The van der Waals surface area contributed by atoms with Crippen LogP contribution in [0.2, 0.25) is 0 Å². The molecule has 0 unspecified atom stereocenters. The molecule has 5 rings (SSSR count). The Morgan fingerprint density at radius 1 is 1.26 bits per heavy atom. The second kappa shape index (κ2) is 4.05. The molecule has 19 heavy (non-hydrogen) atoms. The van der Waals surface area contributed by atoms with Gasteiger partial charge in [0, 0.05) is 6.54 Å². The van der Waals surface area contributed by atoms with Gasteiger partial charge in [-0.3, -0.25) is 9.89 Å². The van der Waals surface area contributed by atoms with E-state index in [1.165, 1.54) is 44.9 Å². The molecule has 1 aromatic rings. The van der Waals surface area contributed by atoms with Crippen molar-refractivity contribution in [2.45, 2.75) is 38.5 Å². The van der Waals surface area contributed by atoms with Gasteiger partial charge in [0.1, 0.15) is 6.33 Å². The van der Waals surface area contributed by atoms with E-state index >= 15 is 0 Å². The van der Waals surface area contributed by atoms with E-state index in [1.807, 2.05) is 0 Å². The Labute approximate surface area is 112 Å². The van der Waals surface area contributed by atoms with Gasteiger partial charge >= 0.3 is 0 Å². The monoisotopic (exact) mass is 260 g/mol. The Kier molecular flexibility index (Phi) is 2.44. The van der Waals surface area contributed by atoms with Gasteiger partial charge in [-0.25, -0.2) is 4.98 Å². The number of hydrogen-bond acceptors (Lipinski definition) is 3.